The molecule has 1 aliphatic heterocycles. The van der Waals surface area contributed by atoms with Crippen molar-refractivity contribution in [2.24, 2.45) is 0 Å². The van der Waals surface area contributed by atoms with Gasteiger partial charge in [0.15, 0.2) is 6.10 Å². The molecule has 4 aromatic carbocycles. The molecule has 6 rings (SSSR count). The van der Waals surface area contributed by atoms with Gasteiger partial charge in [0.2, 0.25) is 0 Å². The summed E-state index contributed by atoms with van der Waals surface area (Å²) in [5.41, 5.74) is 11.2. The minimum Gasteiger partial charge on any atom is -0.507 e. The number of nitrogens with zero attached hydrogens (tertiary/aromatic N) is 1. The third-order valence-corrected chi connectivity index (χ3v) is 11.5. The standard InChI is InChI=1S/C49H56FN5O11S/c1-4-10-38-41(61-25-9-26-62-43-28-40(56)39(27-32(43)5-2)33-13-18-37(50)19-14-33)20-15-34-16-21-42(64-46(34)38)48(58)51-23-8-24-63-49(59)31(3)54-47(57)36-17-22-45(52-29-36)55-53-30-35-11-6-7-12-44(35)67-66-65-60/h6-7,11-15,17-20,22,27-29,31,42,53,56,60H,4-5,8-10,16,21,23-26,30H2,1-3H3,(H,51,58)(H,52,55)(H,54,57). The molecule has 5 aromatic rings. The summed E-state index contributed by atoms with van der Waals surface area (Å²) in [4.78, 5) is 43.7. The van der Waals surface area contributed by atoms with Crippen molar-refractivity contribution in [2.45, 2.75) is 89.3 Å². The van der Waals surface area contributed by atoms with Crippen LogP contribution in [0.1, 0.15) is 79.1 Å². The smallest absolute Gasteiger partial charge is 0.328 e. The van der Waals surface area contributed by atoms with Gasteiger partial charge in [-0.2, -0.15) is 0 Å². The molecule has 2 heterocycles. The van der Waals surface area contributed by atoms with Crippen molar-refractivity contribution in [3.63, 3.8) is 0 Å². The van der Waals surface area contributed by atoms with E-state index >= 15 is 0 Å². The Morgan fingerprint density at radius 3 is 2.48 bits per heavy atom. The van der Waals surface area contributed by atoms with Crippen LogP contribution in [-0.4, -0.2) is 71.6 Å². The molecule has 2 atom stereocenters. The fraction of sp³-hybridized carbons (Fsp3) is 0.347. The zero-order chi connectivity index (χ0) is 47.5. The van der Waals surface area contributed by atoms with Crippen LogP contribution in [0, 0.1) is 5.82 Å². The van der Waals surface area contributed by atoms with E-state index in [2.05, 4.69) is 42.8 Å². The molecular formula is C49H56FN5O11S. The number of pyridine rings is 1. The number of fused-ring (bicyclic) bond motifs is 1. The molecule has 1 aliphatic rings. The van der Waals surface area contributed by atoms with Crippen molar-refractivity contribution < 1.29 is 57.5 Å². The molecule has 18 heteroatoms. The summed E-state index contributed by atoms with van der Waals surface area (Å²) in [5.74, 6) is 0.726. The Bertz CT molecular complexity index is 2430. The van der Waals surface area contributed by atoms with Crippen LogP contribution in [0.4, 0.5) is 10.2 Å². The molecule has 0 radical (unpaired) electrons. The van der Waals surface area contributed by atoms with Crippen molar-refractivity contribution in [1.29, 1.82) is 0 Å². The Labute approximate surface area is 392 Å². The number of phenolic OH excluding ortho intramolecular Hbond substituents is 1. The van der Waals surface area contributed by atoms with E-state index in [0.29, 0.717) is 92.5 Å². The highest BCUT2D eigenvalue weighted by Gasteiger charge is 2.29. The van der Waals surface area contributed by atoms with Gasteiger partial charge < -0.3 is 40.1 Å². The van der Waals surface area contributed by atoms with Crippen molar-refractivity contribution in [1.82, 2.24) is 21.0 Å². The molecule has 0 fully saturated rings. The zero-order valence-electron chi connectivity index (χ0n) is 37.6. The van der Waals surface area contributed by atoms with Gasteiger partial charge in [-0.3, -0.25) is 9.59 Å². The summed E-state index contributed by atoms with van der Waals surface area (Å²) in [6.45, 7) is 7.00. The van der Waals surface area contributed by atoms with Crippen molar-refractivity contribution in [2.75, 3.05) is 31.8 Å². The van der Waals surface area contributed by atoms with E-state index in [-0.39, 0.29) is 36.2 Å². The third kappa shape index (κ3) is 14.3. The van der Waals surface area contributed by atoms with E-state index in [1.54, 1.807) is 36.4 Å². The summed E-state index contributed by atoms with van der Waals surface area (Å²) in [6.07, 6.45) is 5.00. The lowest BCUT2D eigenvalue weighted by molar-refractivity contribution is -0.432. The minimum absolute atomic E-state index is 0.0342. The first-order valence-electron chi connectivity index (χ1n) is 22.2. The highest BCUT2D eigenvalue weighted by Crippen LogP contribution is 2.39. The first kappa shape index (κ1) is 50.0. The van der Waals surface area contributed by atoms with Gasteiger partial charge in [0.25, 0.3) is 11.8 Å². The molecule has 2 unspecified atom stereocenters. The number of amides is 2. The van der Waals surface area contributed by atoms with Crippen LogP contribution in [0.5, 0.6) is 23.0 Å². The molecule has 67 heavy (non-hydrogen) atoms. The topological polar surface area (TPSA) is 208 Å². The number of benzene rings is 4. The van der Waals surface area contributed by atoms with Crippen LogP contribution in [0.3, 0.4) is 0 Å². The molecule has 16 nitrogen and oxygen atoms in total. The van der Waals surface area contributed by atoms with Gasteiger partial charge in [-0.05, 0) is 104 Å². The van der Waals surface area contributed by atoms with E-state index in [4.69, 9.17) is 24.2 Å². The normalized spacial score (nSPS) is 13.4. The Morgan fingerprint density at radius 1 is 0.940 bits per heavy atom. The van der Waals surface area contributed by atoms with E-state index in [0.717, 1.165) is 45.6 Å². The maximum absolute atomic E-state index is 13.5. The summed E-state index contributed by atoms with van der Waals surface area (Å²) in [6, 6.07) is 23.0. The van der Waals surface area contributed by atoms with Gasteiger partial charge >= 0.3 is 5.97 Å². The second-order valence-corrected chi connectivity index (χ2v) is 16.3. The number of phenols is 1. The van der Waals surface area contributed by atoms with Crippen molar-refractivity contribution >= 4 is 35.6 Å². The molecule has 0 bridgehead atoms. The first-order valence-corrected chi connectivity index (χ1v) is 22.9. The molecule has 0 spiro atoms. The highest BCUT2D eigenvalue weighted by molar-refractivity contribution is 7.94. The van der Waals surface area contributed by atoms with E-state index in [1.807, 2.05) is 43.3 Å². The number of hydrogen-bond donors (Lipinski definition) is 6. The number of anilines is 1. The molecule has 2 amide bonds. The van der Waals surface area contributed by atoms with Crippen LogP contribution in [0.2, 0.25) is 0 Å². The quantitative estimate of drug-likeness (QED) is 0.0108. The van der Waals surface area contributed by atoms with Gasteiger partial charge in [0.05, 0.1) is 37.4 Å². The minimum atomic E-state index is -0.932. The lowest BCUT2D eigenvalue weighted by Gasteiger charge is -2.28. The number of aromatic nitrogens is 1. The van der Waals surface area contributed by atoms with Gasteiger partial charge in [0.1, 0.15) is 40.7 Å². The van der Waals surface area contributed by atoms with Gasteiger partial charge in [0, 0.05) is 47.8 Å². The van der Waals surface area contributed by atoms with Crippen LogP contribution in [0.25, 0.3) is 11.1 Å². The number of hydrogen-bond acceptors (Lipinski definition) is 15. The third-order valence-electron chi connectivity index (χ3n) is 10.8. The lowest BCUT2D eigenvalue weighted by atomic mass is 9.96. The number of carbonyl (C=O) groups is 3. The van der Waals surface area contributed by atoms with Crippen LogP contribution >= 0.6 is 12.0 Å². The van der Waals surface area contributed by atoms with E-state index < -0.39 is 24.0 Å². The maximum Gasteiger partial charge on any atom is 0.328 e. The average Bonchev–Trinajstić information content (AvgIpc) is 3.34. The number of nitrogens with one attached hydrogen (secondary N) is 4. The Morgan fingerprint density at radius 2 is 1.73 bits per heavy atom. The molecule has 356 valence electrons. The van der Waals surface area contributed by atoms with Gasteiger partial charge in [-0.1, -0.05) is 61.7 Å². The lowest BCUT2D eigenvalue weighted by Crippen LogP contribution is -2.41. The summed E-state index contributed by atoms with van der Waals surface area (Å²) >= 11 is 0.855. The van der Waals surface area contributed by atoms with Crippen LogP contribution in [0.15, 0.2) is 96.0 Å². The predicted octanol–water partition coefficient (Wildman–Crippen LogP) is 8.06. The Balaban J connectivity index is 0.891. The Kier molecular flexibility index (Phi) is 19.0. The molecular weight excluding hydrogens is 886 g/mol. The molecule has 6 N–H and O–H groups in total. The molecule has 1 aromatic heterocycles. The van der Waals surface area contributed by atoms with Crippen molar-refractivity contribution in [3.8, 4) is 34.1 Å². The first-order chi connectivity index (χ1) is 32.6. The fourth-order valence-electron chi connectivity index (χ4n) is 7.25. The van der Waals surface area contributed by atoms with Crippen LogP contribution in [-0.2, 0) is 49.5 Å². The number of ether oxygens (including phenoxy) is 4. The number of esters is 1. The Hall–Kier alpha value is -6.44. The number of aromatic hydroxyl groups is 1. The second-order valence-electron chi connectivity index (χ2n) is 15.6. The number of rotatable bonds is 25. The van der Waals surface area contributed by atoms with Gasteiger partial charge in [-0.15, -0.1) is 4.33 Å². The molecule has 0 aliphatic carbocycles. The SMILES string of the molecule is CCCc1c(OCCCOc2cc(O)c(-c3ccc(F)cc3)cc2CC)ccc2c1OC(C(=O)NCCCOC(=O)C(C)NC(=O)c1ccc(NNCc3ccccc3SOOO)nc1)CC2. The predicted molar refractivity (Wildman–Crippen MR) is 249 cm³/mol. The average molecular weight is 942 g/mol. The summed E-state index contributed by atoms with van der Waals surface area (Å²) < 4.78 is 42.0. The summed E-state index contributed by atoms with van der Waals surface area (Å²) in [5, 5.41) is 28.4. The maximum atomic E-state index is 13.5. The van der Waals surface area contributed by atoms with Crippen molar-refractivity contribution in [3.05, 3.63) is 125 Å². The number of aryl methyl sites for hydroxylation is 2. The van der Waals surface area contributed by atoms with Crippen LogP contribution < -0.4 is 35.7 Å². The summed E-state index contributed by atoms with van der Waals surface area (Å²) in [7, 11) is 0. The number of carbonyl (C=O) groups excluding carboxylic acids is 3. The van der Waals surface area contributed by atoms with E-state index in [9.17, 15) is 23.9 Å². The largest absolute Gasteiger partial charge is 0.507 e. The second kappa shape index (κ2) is 25.5. The fourth-order valence-corrected chi connectivity index (χ4v) is 7.74. The molecule has 0 saturated heterocycles. The highest BCUT2D eigenvalue weighted by atomic mass is 32.2. The molecule has 0 saturated carbocycles. The van der Waals surface area contributed by atoms with Gasteiger partial charge in [-0.25, -0.2) is 24.9 Å². The zero-order valence-corrected chi connectivity index (χ0v) is 38.4. The monoisotopic (exact) mass is 941 g/mol. The number of hydrazine groups is 1. The van der Waals surface area contributed by atoms with E-state index in [1.165, 1.54) is 25.3 Å². The number of halogens is 1.